The van der Waals surface area contributed by atoms with Crippen molar-refractivity contribution in [2.45, 2.75) is 93.8 Å². The second kappa shape index (κ2) is 76.1. The van der Waals surface area contributed by atoms with E-state index in [1.165, 1.54) is 71.4 Å². The minimum absolute atomic E-state index is 0.0498. The molecular weight excluding hydrogens is 1680 g/mol. The maximum atomic E-state index is 11.7. The summed E-state index contributed by atoms with van der Waals surface area (Å²) in [7, 11) is -1.38. The number of allylic oxidation sites excluding steroid dienone is 1. The van der Waals surface area contributed by atoms with E-state index in [9.17, 15) is 89.9 Å². The molecule has 126 heavy (non-hydrogen) atoms. The van der Waals surface area contributed by atoms with Crippen molar-refractivity contribution in [3.63, 3.8) is 0 Å². The van der Waals surface area contributed by atoms with Gasteiger partial charge < -0.3 is 82.7 Å². The van der Waals surface area contributed by atoms with Crippen molar-refractivity contribution in [1.82, 2.24) is 0 Å². The van der Waals surface area contributed by atoms with E-state index in [1.54, 1.807) is 39.8 Å². The van der Waals surface area contributed by atoms with E-state index in [0.717, 1.165) is 47.6 Å². The minimum Gasteiger partial charge on any atom is -0.493 e. The van der Waals surface area contributed by atoms with E-state index in [1.807, 2.05) is 60.7 Å². The number of rotatable bonds is 39. The first kappa shape index (κ1) is 124. The number of benzene rings is 4. The third-order valence-electron chi connectivity index (χ3n) is 12.4. The number of methoxy groups -OCH3 is 2. The standard InChI is InChI=1S/C14H14O6.C13H14O5.C11H12O2.C10H14O6.C10H10O2.C8H14O4S.C6H8O4.C5H8O2.2C4H6O2.C3H4O2/c1-9(2)13(17)19-7-8-20-14(18)11-6-4-3-5-10(11)12(15)16;1-2-12(14)18-9-3-8-17-11-6-4-10(5-7-11)13(15)16;1-9(2)11(12)13-8-10-6-4-3-5-7-10;1-7(2)10(14)16-6-5-15-9(13)4-3-8(11)12;1-2-10(11)12-8-9-6-4-3-5-7-9;1-4-7(9)5-8(2,3)6-13(10,11)12;1-2-6(9)10-4-3-5(7)8;1-4(2)5(6)7-3;1-3-4(5)6-2;1-3(2)4(5)6;1-2-3(4)5/h3-6H,1,7-8H2,2H3,(H,15,16);2,4-7H,1,3,8-9H2,(H,15,16);3-7H,1,8H2,2H3;1,3-6H2,2H3,(H,11,12);2-7H,1,8H2;4H,1,5-6H2,2-3H3,(H,10,11,12);2H,1,3-4H2,(H,7,8);1H2,2-3H3;3H,1H2,2H3;1H2,2H3,(H,5,6);2H,1H2,(H,4,5). The van der Waals surface area contributed by atoms with Gasteiger partial charge in [-0.25, -0.2) is 62.3 Å². The second-order valence-electron chi connectivity index (χ2n) is 24.4. The summed E-state index contributed by atoms with van der Waals surface area (Å²) in [5, 5.41) is 49.5. The Balaban J connectivity index is -0.000000253. The lowest BCUT2D eigenvalue weighted by Crippen LogP contribution is -2.26. The highest BCUT2D eigenvalue weighted by molar-refractivity contribution is 7.85. The minimum atomic E-state index is -4.02. The molecule has 0 aliphatic carbocycles. The van der Waals surface area contributed by atoms with Crippen LogP contribution in [0.5, 0.6) is 5.75 Å². The fourth-order valence-corrected chi connectivity index (χ4v) is 7.55. The van der Waals surface area contributed by atoms with Gasteiger partial charge in [-0.15, -0.1) is 0 Å². The number of ketones is 1. The van der Waals surface area contributed by atoms with Crippen LogP contribution >= 0.6 is 0 Å². The van der Waals surface area contributed by atoms with Crippen LogP contribution in [0.4, 0.5) is 0 Å². The van der Waals surface area contributed by atoms with Crippen LogP contribution in [-0.2, 0) is 138 Å². The highest BCUT2D eigenvalue weighted by atomic mass is 32.2. The van der Waals surface area contributed by atoms with Crippen molar-refractivity contribution in [3.05, 3.63) is 274 Å². The first-order valence-corrected chi connectivity index (χ1v) is 37.6. The van der Waals surface area contributed by atoms with Crippen LogP contribution in [-0.4, -0.2) is 211 Å². The van der Waals surface area contributed by atoms with Crippen LogP contribution in [0, 0.1) is 5.41 Å². The predicted octanol–water partition coefficient (Wildman–Crippen LogP) is 11.5. The van der Waals surface area contributed by atoms with Gasteiger partial charge in [0, 0.05) is 71.1 Å². The summed E-state index contributed by atoms with van der Waals surface area (Å²) in [6.07, 6.45) is 6.33. The Morgan fingerprint density at radius 3 is 1.11 bits per heavy atom. The summed E-state index contributed by atoms with van der Waals surface area (Å²) in [5.41, 5.74) is 2.77. The fraction of sp³-hybridized carbons (Fsp3) is 0.284. The number of esters is 10. The third-order valence-corrected chi connectivity index (χ3v) is 13.5. The number of carbonyl (C=O) groups excluding carboxylic acids is 11. The van der Waals surface area contributed by atoms with Gasteiger partial charge >= 0.3 is 95.5 Å². The van der Waals surface area contributed by atoms with Gasteiger partial charge in [0.2, 0.25) is 0 Å². The number of carbonyl (C=O) groups is 17. The van der Waals surface area contributed by atoms with Crippen molar-refractivity contribution in [2.75, 3.05) is 66.2 Å². The third kappa shape index (κ3) is 82.6. The summed E-state index contributed by atoms with van der Waals surface area (Å²) >= 11 is 0. The topological polar surface area (TPSA) is 567 Å². The van der Waals surface area contributed by atoms with Crippen LogP contribution < -0.4 is 4.74 Å². The molecule has 0 saturated carbocycles. The molecular formula is C88H110O37S. The summed E-state index contributed by atoms with van der Waals surface area (Å²) in [5.74, 6) is -11.3. The molecule has 7 N–H and O–H groups in total. The molecule has 4 aromatic carbocycles. The molecule has 4 rings (SSSR count). The Kier molecular flexibility index (Phi) is 74.9. The number of ether oxygens (including phenoxy) is 11. The summed E-state index contributed by atoms with van der Waals surface area (Å²) < 4.78 is 81.1. The summed E-state index contributed by atoms with van der Waals surface area (Å²) in [4.78, 5) is 178. The second-order valence-corrected chi connectivity index (χ2v) is 25.8. The summed E-state index contributed by atoms with van der Waals surface area (Å²) in [6, 6.07) is 30.9. The zero-order valence-corrected chi connectivity index (χ0v) is 72.3. The van der Waals surface area contributed by atoms with E-state index >= 15 is 0 Å². The molecule has 0 aliphatic heterocycles. The van der Waals surface area contributed by atoms with Gasteiger partial charge in [0.15, 0.2) is 5.78 Å². The van der Waals surface area contributed by atoms with E-state index in [-0.39, 0.29) is 122 Å². The molecule has 4 aromatic rings. The maximum absolute atomic E-state index is 11.7. The molecule has 0 fully saturated rings. The van der Waals surface area contributed by atoms with Crippen molar-refractivity contribution < 1.29 is 177 Å². The van der Waals surface area contributed by atoms with Gasteiger partial charge in [-0.3, -0.25) is 23.7 Å². The maximum Gasteiger partial charge on any atom is 0.339 e. The molecule has 0 spiro atoms. The molecule has 38 heteroatoms. The number of hydrogen-bond acceptors (Lipinski definition) is 30. The van der Waals surface area contributed by atoms with E-state index < -0.39 is 98.9 Å². The molecule has 0 saturated heterocycles. The monoisotopic (exact) mass is 1790 g/mol. The molecule has 0 radical (unpaired) electrons. The Labute approximate surface area is 730 Å². The average molecular weight is 1790 g/mol. The van der Waals surface area contributed by atoms with Gasteiger partial charge in [0.25, 0.3) is 10.1 Å². The summed E-state index contributed by atoms with van der Waals surface area (Å²) in [6.45, 7) is 47.5. The molecule has 690 valence electrons. The largest absolute Gasteiger partial charge is 0.493 e. The smallest absolute Gasteiger partial charge is 0.339 e. The van der Waals surface area contributed by atoms with Crippen LogP contribution in [0.1, 0.15) is 123 Å². The Morgan fingerprint density at radius 2 is 0.770 bits per heavy atom. The fourth-order valence-electron chi connectivity index (χ4n) is 6.46. The number of carboxylic acid groups (broad SMARTS) is 6. The van der Waals surface area contributed by atoms with Gasteiger partial charge in [0.05, 0.1) is 69.1 Å². The van der Waals surface area contributed by atoms with Gasteiger partial charge in [0.1, 0.15) is 52.0 Å². The Morgan fingerprint density at radius 1 is 0.389 bits per heavy atom. The van der Waals surface area contributed by atoms with Crippen LogP contribution in [0.25, 0.3) is 0 Å². The molecule has 0 atom stereocenters. The quantitative estimate of drug-likeness (QED) is 0.00717. The molecule has 0 heterocycles. The van der Waals surface area contributed by atoms with Gasteiger partial charge in [-0.2, -0.15) is 8.42 Å². The molecule has 37 nitrogen and oxygen atoms in total. The molecule has 0 aliphatic rings. The van der Waals surface area contributed by atoms with Crippen LogP contribution in [0.15, 0.2) is 246 Å². The number of aromatic carboxylic acids is 2. The number of carboxylic acids is 6. The highest BCUT2D eigenvalue weighted by Gasteiger charge is 2.27. The van der Waals surface area contributed by atoms with E-state index in [2.05, 4.69) is 96.1 Å². The molecule has 0 aromatic heterocycles. The van der Waals surface area contributed by atoms with Crippen LogP contribution in [0.3, 0.4) is 0 Å². The van der Waals surface area contributed by atoms with Crippen molar-refractivity contribution in [1.29, 1.82) is 0 Å². The molecule has 0 amide bonds. The first-order valence-electron chi connectivity index (χ1n) is 36.0. The van der Waals surface area contributed by atoms with E-state index in [4.69, 9.17) is 63.6 Å². The highest BCUT2D eigenvalue weighted by Crippen LogP contribution is 2.23. The lowest BCUT2D eigenvalue weighted by molar-refractivity contribution is -0.151. The van der Waals surface area contributed by atoms with Crippen molar-refractivity contribution in [2.24, 2.45) is 5.41 Å². The zero-order valence-electron chi connectivity index (χ0n) is 71.5. The lowest BCUT2D eigenvalue weighted by Gasteiger charge is -2.20. The Bertz CT molecular complexity index is 4380. The van der Waals surface area contributed by atoms with E-state index in [0.29, 0.717) is 43.1 Å². The predicted molar refractivity (Wildman–Crippen MR) is 458 cm³/mol. The lowest BCUT2D eigenvalue weighted by atomic mass is 9.90. The molecule has 0 unspecified atom stereocenters. The van der Waals surface area contributed by atoms with Crippen molar-refractivity contribution in [3.8, 4) is 5.75 Å². The van der Waals surface area contributed by atoms with Gasteiger partial charge in [-0.1, -0.05) is 159 Å². The van der Waals surface area contributed by atoms with Gasteiger partial charge in [-0.05, 0) is 93.6 Å². The van der Waals surface area contributed by atoms with Crippen LogP contribution in [0.2, 0.25) is 0 Å². The number of aliphatic carboxylic acids is 4. The first-order chi connectivity index (χ1) is 58.7. The normalized spacial score (nSPS) is 9.22. The Hall–Kier alpha value is -15.1. The zero-order chi connectivity index (χ0) is 98.5. The SMILES string of the molecule is C=C(C)C(=O)O.C=C(C)C(=O)OC.C=C(C)C(=O)OCCOC(=O)CCC(=O)O.C=C(C)C(=O)OCCOC(=O)c1ccccc1C(=O)O.C=C(C)C(=O)OCc1ccccc1.C=CC(=O)CC(C)(C)CS(=O)(=O)O.C=CC(=O)O.C=CC(=O)OC.C=CC(=O)OCCC(=O)O.C=CC(=O)OCCCOc1ccc(C(=O)O)cc1.C=CC(=O)OCc1ccccc1. The molecule has 0 bridgehead atoms. The number of hydrogen-bond donors (Lipinski definition) is 7. The average Bonchev–Trinajstić information content (AvgIpc) is 0.851. The van der Waals surface area contributed by atoms with Crippen molar-refractivity contribution >= 4 is 111 Å².